The monoisotopic (exact) mass is 322 g/mol. The van der Waals surface area contributed by atoms with Gasteiger partial charge in [0.25, 0.3) is 0 Å². The molecule has 0 N–H and O–H groups in total. The van der Waals surface area contributed by atoms with Crippen molar-refractivity contribution >= 4 is 21.4 Å². The zero-order valence-corrected chi connectivity index (χ0v) is 13.9. The second-order valence-electron chi connectivity index (χ2n) is 5.64. The molecule has 1 fully saturated rings. The molecule has 1 aromatic carbocycles. The molecule has 1 aliphatic carbocycles. The van der Waals surface area contributed by atoms with Gasteiger partial charge in [-0.2, -0.15) is 0 Å². The summed E-state index contributed by atoms with van der Waals surface area (Å²) in [6.07, 6.45) is 7.70. The van der Waals surface area contributed by atoms with E-state index in [1.165, 1.54) is 31.2 Å². The van der Waals surface area contributed by atoms with Crippen molar-refractivity contribution in [3.63, 3.8) is 0 Å². The summed E-state index contributed by atoms with van der Waals surface area (Å²) in [6.45, 7) is 2.10. The number of carbonyl (C=O) groups excluding carboxylic acids is 1. The molecule has 4 nitrogen and oxygen atoms in total. The summed E-state index contributed by atoms with van der Waals surface area (Å²) in [7, 11) is -3.23. The van der Waals surface area contributed by atoms with Crippen molar-refractivity contribution < 1.29 is 17.9 Å². The summed E-state index contributed by atoms with van der Waals surface area (Å²) in [5, 5.41) is 0. The van der Waals surface area contributed by atoms with Crippen molar-refractivity contribution in [2.75, 3.05) is 12.9 Å². The molecule has 0 spiro atoms. The van der Waals surface area contributed by atoms with Crippen molar-refractivity contribution in [1.29, 1.82) is 0 Å². The van der Waals surface area contributed by atoms with Crippen molar-refractivity contribution in [3.05, 3.63) is 35.9 Å². The van der Waals surface area contributed by atoms with Gasteiger partial charge in [0, 0.05) is 6.26 Å². The number of hydrogen-bond acceptors (Lipinski definition) is 4. The van der Waals surface area contributed by atoms with E-state index in [1.807, 2.05) is 6.08 Å². The lowest BCUT2D eigenvalue weighted by Gasteiger charge is -2.11. The van der Waals surface area contributed by atoms with Crippen LogP contribution in [0.5, 0.6) is 0 Å². The van der Waals surface area contributed by atoms with Crippen LogP contribution in [-0.2, 0) is 19.4 Å². The van der Waals surface area contributed by atoms with Gasteiger partial charge in [-0.1, -0.05) is 31.1 Å². The van der Waals surface area contributed by atoms with Crippen molar-refractivity contribution in [2.24, 2.45) is 5.92 Å². The molecule has 0 atom stereocenters. The lowest BCUT2D eigenvalue weighted by Crippen LogP contribution is -2.09. The van der Waals surface area contributed by atoms with Crippen LogP contribution < -0.4 is 0 Å². The van der Waals surface area contributed by atoms with E-state index >= 15 is 0 Å². The maximum Gasteiger partial charge on any atom is 0.338 e. The number of sulfone groups is 1. The van der Waals surface area contributed by atoms with Crippen molar-refractivity contribution in [1.82, 2.24) is 0 Å². The van der Waals surface area contributed by atoms with E-state index in [0.29, 0.717) is 23.7 Å². The van der Waals surface area contributed by atoms with Crippen molar-refractivity contribution in [2.45, 2.75) is 37.5 Å². The molecule has 0 radical (unpaired) electrons. The predicted octanol–water partition coefficient (Wildman–Crippen LogP) is 3.23. The molecule has 0 heterocycles. The standard InChI is InChI=1S/C17H22O4S/c1-3-21-17(18)16(12-13-6-4-5-7-13)14-8-10-15(11-9-14)22(2,19)20/h8-13H,3-7H2,1-2H3. The number of carbonyl (C=O) groups is 1. The number of allylic oxidation sites excluding steroid dienone is 1. The number of benzene rings is 1. The minimum atomic E-state index is -3.23. The van der Waals surface area contributed by atoms with Gasteiger partial charge < -0.3 is 4.74 Å². The fraction of sp³-hybridized carbons (Fsp3) is 0.471. The molecule has 22 heavy (non-hydrogen) atoms. The lowest BCUT2D eigenvalue weighted by atomic mass is 9.99. The van der Waals surface area contributed by atoms with Crippen LogP contribution in [0.3, 0.4) is 0 Å². The third-order valence-corrected chi connectivity index (χ3v) is 5.02. The SMILES string of the molecule is CCOC(=O)C(=CC1CCCC1)c1ccc(S(C)(=O)=O)cc1. The third kappa shape index (κ3) is 4.19. The molecular formula is C17H22O4S. The molecule has 1 saturated carbocycles. The van der Waals surface area contributed by atoms with Crippen LogP contribution in [0.25, 0.3) is 5.57 Å². The van der Waals surface area contributed by atoms with E-state index in [-0.39, 0.29) is 10.9 Å². The summed E-state index contributed by atoms with van der Waals surface area (Å²) in [5.41, 5.74) is 1.24. The van der Waals surface area contributed by atoms with Gasteiger partial charge in [0.15, 0.2) is 9.84 Å². The first-order valence-corrected chi connectivity index (χ1v) is 9.50. The number of rotatable bonds is 5. The molecule has 0 saturated heterocycles. The number of ether oxygens (including phenoxy) is 1. The Balaban J connectivity index is 2.34. The summed E-state index contributed by atoms with van der Waals surface area (Å²) >= 11 is 0. The molecule has 1 aromatic rings. The average Bonchev–Trinajstić information content (AvgIpc) is 2.97. The second kappa shape index (κ2) is 7.09. The van der Waals surface area contributed by atoms with E-state index in [1.54, 1.807) is 19.1 Å². The predicted molar refractivity (Wildman–Crippen MR) is 86.1 cm³/mol. The average molecular weight is 322 g/mol. The Hall–Kier alpha value is -1.62. The van der Waals surface area contributed by atoms with Gasteiger partial charge in [-0.05, 0) is 43.4 Å². The Morgan fingerprint density at radius 3 is 2.32 bits per heavy atom. The molecule has 5 heteroatoms. The van der Waals surface area contributed by atoms with Gasteiger partial charge in [0.2, 0.25) is 0 Å². The molecule has 0 aliphatic heterocycles. The molecule has 0 unspecified atom stereocenters. The lowest BCUT2D eigenvalue weighted by molar-refractivity contribution is -0.136. The molecule has 1 aliphatic rings. The maximum atomic E-state index is 12.2. The van der Waals surface area contributed by atoms with E-state index in [0.717, 1.165) is 12.8 Å². The maximum absolute atomic E-state index is 12.2. The first-order chi connectivity index (χ1) is 10.4. The van der Waals surface area contributed by atoms with E-state index in [2.05, 4.69) is 0 Å². The quantitative estimate of drug-likeness (QED) is 0.617. The van der Waals surface area contributed by atoms with Gasteiger partial charge in [-0.3, -0.25) is 0 Å². The minimum absolute atomic E-state index is 0.250. The molecule has 2 rings (SSSR count). The molecule has 120 valence electrons. The third-order valence-electron chi connectivity index (χ3n) is 3.89. The highest BCUT2D eigenvalue weighted by Gasteiger charge is 2.19. The minimum Gasteiger partial charge on any atom is -0.462 e. The van der Waals surface area contributed by atoms with E-state index in [9.17, 15) is 13.2 Å². The summed E-state index contributed by atoms with van der Waals surface area (Å²) in [5.74, 6) is 0.0514. The second-order valence-corrected chi connectivity index (χ2v) is 7.66. The van der Waals surface area contributed by atoms with Crippen LogP contribution >= 0.6 is 0 Å². The Labute approximate surface area is 132 Å². The summed E-state index contributed by atoms with van der Waals surface area (Å²) < 4.78 is 28.2. The zero-order chi connectivity index (χ0) is 16.2. The van der Waals surface area contributed by atoms with Gasteiger partial charge in [0.1, 0.15) is 0 Å². The van der Waals surface area contributed by atoms with Crippen molar-refractivity contribution in [3.8, 4) is 0 Å². The van der Waals surface area contributed by atoms with Crippen LogP contribution in [-0.4, -0.2) is 27.2 Å². The number of esters is 1. The number of hydrogen-bond donors (Lipinski definition) is 0. The first-order valence-electron chi connectivity index (χ1n) is 7.61. The van der Waals surface area contributed by atoms with Crippen LogP contribution in [0, 0.1) is 5.92 Å². The normalized spacial score (nSPS) is 16.7. The first kappa shape index (κ1) is 16.7. The molecule has 0 aromatic heterocycles. The van der Waals surface area contributed by atoms with Gasteiger partial charge in [-0.15, -0.1) is 0 Å². The van der Waals surface area contributed by atoms with E-state index < -0.39 is 9.84 Å². The zero-order valence-electron chi connectivity index (χ0n) is 13.0. The Kier molecular flexibility index (Phi) is 5.40. The fourth-order valence-corrected chi connectivity index (χ4v) is 3.36. The van der Waals surface area contributed by atoms with Crippen LogP contribution in [0.4, 0.5) is 0 Å². The Bertz CT molecular complexity index is 650. The van der Waals surface area contributed by atoms with E-state index in [4.69, 9.17) is 4.74 Å². The molecule has 0 amide bonds. The molecular weight excluding hydrogens is 300 g/mol. The summed E-state index contributed by atoms with van der Waals surface area (Å²) in [4.78, 5) is 12.5. The molecule has 0 bridgehead atoms. The van der Waals surface area contributed by atoms with Gasteiger partial charge >= 0.3 is 5.97 Å². The van der Waals surface area contributed by atoms with Crippen LogP contribution in [0.1, 0.15) is 38.2 Å². The largest absolute Gasteiger partial charge is 0.462 e. The topological polar surface area (TPSA) is 60.4 Å². The smallest absolute Gasteiger partial charge is 0.338 e. The highest BCUT2D eigenvalue weighted by atomic mass is 32.2. The fourth-order valence-electron chi connectivity index (χ4n) is 2.73. The Morgan fingerprint density at radius 2 is 1.82 bits per heavy atom. The highest BCUT2D eigenvalue weighted by molar-refractivity contribution is 7.90. The highest BCUT2D eigenvalue weighted by Crippen LogP contribution is 2.30. The summed E-state index contributed by atoms with van der Waals surface area (Å²) in [6, 6.07) is 6.42. The Morgan fingerprint density at radius 1 is 1.23 bits per heavy atom. The van der Waals surface area contributed by atoms with Gasteiger partial charge in [-0.25, -0.2) is 13.2 Å². The van der Waals surface area contributed by atoms with Crippen LogP contribution in [0.2, 0.25) is 0 Å². The van der Waals surface area contributed by atoms with Crippen LogP contribution in [0.15, 0.2) is 35.2 Å². The van der Waals surface area contributed by atoms with Gasteiger partial charge in [0.05, 0.1) is 17.1 Å².